The van der Waals surface area contributed by atoms with Crippen molar-refractivity contribution in [2.45, 2.75) is 0 Å². The number of rotatable bonds is 3. The lowest BCUT2D eigenvalue weighted by atomic mass is 10.0. The normalized spacial score (nSPS) is 10.2. The molecule has 0 saturated heterocycles. The SMILES string of the molecule is COc1cc(Br)ccc1C(=O)c1cncc(F)c1. The minimum absolute atomic E-state index is 0.190. The Bertz CT molecular complexity index is 601. The summed E-state index contributed by atoms with van der Waals surface area (Å²) in [6, 6.07) is 6.18. The van der Waals surface area contributed by atoms with Crippen LogP contribution in [0.3, 0.4) is 0 Å². The second kappa shape index (κ2) is 5.27. The van der Waals surface area contributed by atoms with E-state index in [0.29, 0.717) is 11.3 Å². The third-order valence-corrected chi connectivity index (χ3v) is 2.87. The van der Waals surface area contributed by atoms with Gasteiger partial charge in [-0.1, -0.05) is 15.9 Å². The van der Waals surface area contributed by atoms with Crippen molar-refractivity contribution in [3.05, 3.63) is 58.1 Å². The van der Waals surface area contributed by atoms with Gasteiger partial charge in [0.15, 0.2) is 5.78 Å². The number of hydrogen-bond donors (Lipinski definition) is 0. The second-order valence-electron chi connectivity index (χ2n) is 3.57. The van der Waals surface area contributed by atoms with Crippen LogP contribution in [0.5, 0.6) is 5.75 Å². The van der Waals surface area contributed by atoms with Crippen LogP contribution in [-0.2, 0) is 0 Å². The molecular formula is C13H9BrFNO2. The van der Waals surface area contributed by atoms with Crippen molar-refractivity contribution in [3.63, 3.8) is 0 Å². The summed E-state index contributed by atoms with van der Waals surface area (Å²) < 4.78 is 19.0. The molecule has 18 heavy (non-hydrogen) atoms. The molecule has 1 aromatic heterocycles. The van der Waals surface area contributed by atoms with Gasteiger partial charge < -0.3 is 4.74 Å². The predicted molar refractivity (Wildman–Crippen MR) is 68.3 cm³/mol. The number of nitrogens with zero attached hydrogens (tertiary/aromatic N) is 1. The quantitative estimate of drug-likeness (QED) is 0.817. The van der Waals surface area contributed by atoms with Gasteiger partial charge in [-0.05, 0) is 24.3 Å². The molecule has 0 bridgehead atoms. The van der Waals surface area contributed by atoms with Crippen molar-refractivity contribution in [2.75, 3.05) is 7.11 Å². The summed E-state index contributed by atoms with van der Waals surface area (Å²) in [7, 11) is 1.47. The fourth-order valence-electron chi connectivity index (χ4n) is 1.54. The zero-order valence-corrected chi connectivity index (χ0v) is 11.1. The van der Waals surface area contributed by atoms with Crippen molar-refractivity contribution in [1.82, 2.24) is 4.98 Å². The van der Waals surface area contributed by atoms with E-state index in [1.165, 1.54) is 13.3 Å². The lowest BCUT2D eigenvalue weighted by Gasteiger charge is -2.08. The van der Waals surface area contributed by atoms with Gasteiger partial charge in [0.1, 0.15) is 11.6 Å². The maximum absolute atomic E-state index is 13.0. The molecule has 2 rings (SSSR count). The molecule has 0 unspecified atom stereocenters. The molecule has 1 aromatic carbocycles. The van der Waals surface area contributed by atoms with Crippen LogP contribution in [0.1, 0.15) is 15.9 Å². The Morgan fingerprint density at radius 2 is 2.11 bits per heavy atom. The summed E-state index contributed by atoms with van der Waals surface area (Å²) in [5.41, 5.74) is 0.559. The molecule has 92 valence electrons. The fraction of sp³-hybridized carbons (Fsp3) is 0.0769. The zero-order valence-electron chi connectivity index (χ0n) is 9.48. The third-order valence-electron chi connectivity index (χ3n) is 2.38. The monoisotopic (exact) mass is 309 g/mol. The number of carbonyl (C=O) groups excluding carboxylic acids is 1. The van der Waals surface area contributed by atoms with Crippen molar-refractivity contribution in [1.29, 1.82) is 0 Å². The summed E-state index contributed by atoms with van der Waals surface area (Å²) >= 11 is 3.29. The Morgan fingerprint density at radius 3 is 2.78 bits per heavy atom. The number of benzene rings is 1. The maximum Gasteiger partial charge on any atom is 0.198 e. The van der Waals surface area contributed by atoms with Crippen LogP contribution in [0.4, 0.5) is 4.39 Å². The molecule has 5 heteroatoms. The van der Waals surface area contributed by atoms with Gasteiger partial charge in [0, 0.05) is 16.2 Å². The molecule has 0 radical (unpaired) electrons. The average molecular weight is 310 g/mol. The molecule has 0 amide bonds. The number of ether oxygens (including phenoxy) is 1. The van der Waals surface area contributed by atoms with E-state index < -0.39 is 5.82 Å². The number of hydrogen-bond acceptors (Lipinski definition) is 3. The van der Waals surface area contributed by atoms with E-state index in [4.69, 9.17) is 4.74 Å². The molecule has 2 aromatic rings. The Balaban J connectivity index is 2.46. The smallest absolute Gasteiger partial charge is 0.198 e. The Hall–Kier alpha value is -1.75. The van der Waals surface area contributed by atoms with Gasteiger partial charge in [0.25, 0.3) is 0 Å². The van der Waals surface area contributed by atoms with E-state index in [1.54, 1.807) is 18.2 Å². The highest BCUT2D eigenvalue weighted by Crippen LogP contribution is 2.25. The molecule has 3 nitrogen and oxygen atoms in total. The number of carbonyl (C=O) groups is 1. The molecule has 0 aliphatic rings. The van der Waals surface area contributed by atoms with Crippen LogP contribution >= 0.6 is 15.9 Å². The highest BCUT2D eigenvalue weighted by atomic mass is 79.9. The van der Waals surface area contributed by atoms with Gasteiger partial charge in [0.05, 0.1) is 18.9 Å². The van der Waals surface area contributed by atoms with E-state index in [9.17, 15) is 9.18 Å². The largest absolute Gasteiger partial charge is 0.496 e. The fourth-order valence-corrected chi connectivity index (χ4v) is 1.88. The Kier molecular flexibility index (Phi) is 3.72. The van der Waals surface area contributed by atoms with Gasteiger partial charge in [-0.2, -0.15) is 0 Å². The lowest BCUT2D eigenvalue weighted by molar-refractivity contribution is 0.103. The van der Waals surface area contributed by atoms with Gasteiger partial charge in [-0.3, -0.25) is 9.78 Å². The number of aromatic nitrogens is 1. The molecule has 0 atom stereocenters. The molecule has 0 N–H and O–H groups in total. The molecule has 0 spiro atoms. The summed E-state index contributed by atoms with van der Waals surface area (Å²) in [5, 5.41) is 0. The highest BCUT2D eigenvalue weighted by molar-refractivity contribution is 9.10. The van der Waals surface area contributed by atoms with E-state index in [0.717, 1.165) is 16.7 Å². The number of ketones is 1. The van der Waals surface area contributed by atoms with Gasteiger partial charge >= 0.3 is 0 Å². The van der Waals surface area contributed by atoms with Crippen LogP contribution in [0.25, 0.3) is 0 Å². The average Bonchev–Trinajstić information content (AvgIpc) is 2.37. The number of pyridine rings is 1. The minimum Gasteiger partial charge on any atom is -0.496 e. The standard InChI is InChI=1S/C13H9BrFNO2/c1-18-12-5-9(14)2-3-11(12)13(17)8-4-10(15)7-16-6-8/h2-7H,1H3. The number of methoxy groups -OCH3 is 1. The van der Waals surface area contributed by atoms with Crippen molar-refractivity contribution in [2.24, 2.45) is 0 Å². The van der Waals surface area contributed by atoms with Crippen LogP contribution in [0, 0.1) is 5.82 Å². The van der Waals surface area contributed by atoms with Crippen molar-refractivity contribution in [3.8, 4) is 5.75 Å². The first kappa shape index (κ1) is 12.7. The number of halogens is 2. The maximum atomic E-state index is 13.0. The van der Waals surface area contributed by atoms with Crippen molar-refractivity contribution >= 4 is 21.7 Å². The van der Waals surface area contributed by atoms with Crippen LogP contribution in [0.2, 0.25) is 0 Å². The first-order valence-corrected chi connectivity index (χ1v) is 5.90. The van der Waals surface area contributed by atoms with Gasteiger partial charge in [-0.15, -0.1) is 0 Å². The lowest BCUT2D eigenvalue weighted by Crippen LogP contribution is -2.05. The summed E-state index contributed by atoms with van der Waals surface area (Å²) in [5.74, 6) is -0.443. The molecule has 0 saturated carbocycles. The molecule has 0 aliphatic carbocycles. The van der Waals surface area contributed by atoms with Gasteiger partial charge in [0.2, 0.25) is 0 Å². The second-order valence-corrected chi connectivity index (χ2v) is 4.48. The first-order chi connectivity index (χ1) is 8.61. The first-order valence-electron chi connectivity index (χ1n) is 5.10. The van der Waals surface area contributed by atoms with Crippen LogP contribution < -0.4 is 4.74 Å². The Morgan fingerprint density at radius 1 is 1.33 bits per heavy atom. The topological polar surface area (TPSA) is 39.2 Å². The minimum atomic E-state index is -0.545. The molecular weight excluding hydrogens is 301 g/mol. The van der Waals surface area contributed by atoms with Crippen LogP contribution in [-0.4, -0.2) is 17.9 Å². The van der Waals surface area contributed by atoms with E-state index in [2.05, 4.69) is 20.9 Å². The van der Waals surface area contributed by atoms with E-state index >= 15 is 0 Å². The van der Waals surface area contributed by atoms with Gasteiger partial charge in [-0.25, -0.2) is 4.39 Å². The summed E-state index contributed by atoms with van der Waals surface area (Å²) in [4.78, 5) is 15.8. The molecule has 0 aliphatic heterocycles. The van der Waals surface area contributed by atoms with E-state index in [-0.39, 0.29) is 11.3 Å². The molecule has 1 heterocycles. The predicted octanol–water partition coefficient (Wildman–Crippen LogP) is 3.22. The summed E-state index contributed by atoms with van der Waals surface area (Å²) in [6.07, 6.45) is 2.38. The third kappa shape index (κ3) is 2.56. The zero-order chi connectivity index (χ0) is 13.1. The Labute approximate surface area is 112 Å². The highest BCUT2D eigenvalue weighted by Gasteiger charge is 2.15. The van der Waals surface area contributed by atoms with Crippen LogP contribution in [0.15, 0.2) is 41.1 Å². The van der Waals surface area contributed by atoms with Crippen molar-refractivity contribution < 1.29 is 13.9 Å². The van der Waals surface area contributed by atoms with E-state index in [1.807, 2.05) is 0 Å². The summed E-state index contributed by atoms with van der Waals surface area (Å²) in [6.45, 7) is 0. The molecule has 0 fully saturated rings.